The van der Waals surface area contributed by atoms with Crippen LogP contribution in [0.3, 0.4) is 0 Å². The number of likely N-dealkylation sites (tertiary alicyclic amines) is 1. The largest absolute Gasteiger partial charge is 0.433 e. The third-order valence-corrected chi connectivity index (χ3v) is 4.49. The summed E-state index contributed by atoms with van der Waals surface area (Å²) in [5.41, 5.74) is -1.01. The normalized spacial score (nSPS) is 24.7. The number of alkyl halides is 3. The van der Waals surface area contributed by atoms with Crippen LogP contribution >= 0.6 is 0 Å². The van der Waals surface area contributed by atoms with Crippen LogP contribution in [-0.4, -0.2) is 59.7 Å². The summed E-state index contributed by atoms with van der Waals surface area (Å²) >= 11 is 0. The van der Waals surface area contributed by atoms with Gasteiger partial charge in [0.15, 0.2) is 0 Å². The van der Waals surface area contributed by atoms with Gasteiger partial charge in [0.25, 0.3) is 0 Å². The Balaban J connectivity index is 1.87. The summed E-state index contributed by atoms with van der Waals surface area (Å²) in [5, 5.41) is 0. The molecule has 2 aliphatic heterocycles. The van der Waals surface area contributed by atoms with Gasteiger partial charge in [-0.05, 0) is 18.9 Å². The Morgan fingerprint density at radius 2 is 2.04 bits per heavy atom. The summed E-state index contributed by atoms with van der Waals surface area (Å²) in [5.74, 6) is -0.171. The van der Waals surface area contributed by atoms with E-state index in [0.29, 0.717) is 26.1 Å². The van der Waals surface area contributed by atoms with Gasteiger partial charge in [-0.3, -0.25) is 4.79 Å². The minimum Gasteiger partial charge on any atom is -0.380 e. The Bertz CT molecular complexity index is 605. The van der Waals surface area contributed by atoms with Crippen LogP contribution in [0.15, 0.2) is 12.3 Å². The van der Waals surface area contributed by atoms with Crippen LogP contribution in [0.4, 0.5) is 19.1 Å². The van der Waals surface area contributed by atoms with Crippen LogP contribution in [-0.2, 0) is 15.7 Å². The van der Waals surface area contributed by atoms with Crippen LogP contribution in [0.1, 0.15) is 25.0 Å². The molecule has 1 aromatic rings. The second-order valence-electron chi connectivity index (χ2n) is 6.03. The molecule has 0 spiro atoms. The molecule has 2 aliphatic rings. The van der Waals surface area contributed by atoms with Crippen LogP contribution < -0.4 is 4.90 Å². The monoisotopic (exact) mass is 344 g/mol. The highest BCUT2D eigenvalue weighted by atomic mass is 19.4. The zero-order valence-corrected chi connectivity index (χ0v) is 13.3. The lowest BCUT2D eigenvalue weighted by Crippen LogP contribution is -2.45. The van der Waals surface area contributed by atoms with Gasteiger partial charge in [-0.2, -0.15) is 13.2 Å². The number of rotatable bonds is 3. The van der Waals surface area contributed by atoms with Gasteiger partial charge in [-0.25, -0.2) is 9.97 Å². The molecule has 0 bridgehead atoms. The topological polar surface area (TPSA) is 58.6 Å². The van der Waals surface area contributed by atoms with Gasteiger partial charge >= 0.3 is 6.18 Å². The van der Waals surface area contributed by atoms with E-state index in [4.69, 9.17) is 4.74 Å². The summed E-state index contributed by atoms with van der Waals surface area (Å²) in [7, 11) is 1.53. The molecule has 0 saturated carbocycles. The summed E-state index contributed by atoms with van der Waals surface area (Å²) in [6.45, 7) is 1.66. The molecular formula is C15H19F3N4O2. The van der Waals surface area contributed by atoms with Crippen molar-refractivity contribution in [3.8, 4) is 0 Å². The molecule has 6 nitrogen and oxygen atoms in total. The van der Waals surface area contributed by atoms with E-state index < -0.39 is 17.9 Å². The average Bonchev–Trinajstić information content (AvgIpc) is 3.23. The first-order valence-corrected chi connectivity index (χ1v) is 7.88. The van der Waals surface area contributed by atoms with Gasteiger partial charge in [-0.15, -0.1) is 0 Å². The highest BCUT2D eigenvalue weighted by Crippen LogP contribution is 2.31. The van der Waals surface area contributed by atoms with E-state index in [2.05, 4.69) is 9.97 Å². The molecule has 0 radical (unpaired) electrons. The maximum absolute atomic E-state index is 12.9. The minimum atomic E-state index is -4.55. The fraction of sp³-hybridized carbons (Fsp3) is 0.667. The third kappa shape index (κ3) is 3.31. The molecule has 9 heteroatoms. The summed E-state index contributed by atoms with van der Waals surface area (Å²) < 4.78 is 44.0. The number of anilines is 1. The number of methoxy groups -OCH3 is 1. The second-order valence-corrected chi connectivity index (χ2v) is 6.03. The number of halogens is 3. The predicted octanol–water partition coefficient (Wildman–Crippen LogP) is 1.71. The maximum atomic E-state index is 12.9. The first-order chi connectivity index (χ1) is 11.4. The zero-order valence-electron chi connectivity index (χ0n) is 13.3. The van der Waals surface area contributed by atoms with E-state index in [1.54, 1.807) is 4.90 Å². The summed E-state index contributed by atoms with van der Waals surface area (Å²) in [4.78, 5) is 23.6. The molecule has 3 heterocycles. The number of hydrogen-bond acceptors (Lipinski definition) is 5. The molecule has 3 rings (SSSR count). The van der Waals surface area contributed by atoms with Crippen molar-refractivity contribution < 1.29 is 22.7 Å². The van der Waals surface area contributed by atoms with Gasteiger partial charge in [0.2, 0.25) is 11.9 Å². The van der Waals surface area contributed by atoms with Crippen LogP contribution in [0, 0.1) is 0 Å². The number of amides is 1. The van der Waals surface area contributed by atoms with E-state index >= 15 is 0 Å². The van der Waals surface area contributed by atoms with Gasteiger partial charge in [0, 0.05) is 39.4 Å². The van der Waals surface area contributed by atoms with Gasteiger partial charge in [-0.1, -0.05) is 0 Å². The van der Waals surface area contributed by atoms with Crippen molar-refractivity contribution >= 4 is 11.9 Å². The summed E-state index contributed by atoms with van der Waals surface area (Å²) in [6, 6.07) is 0.238. The van der Waals surface area contributed by atoms with Gasteiger partial charge < -0.3 is 14.5 Å². The molecule has 24 heavy (non-hydrogen) atoms. The molecule has 132 valence electrons. The average molecular weight is 344 g/mol. The molecule has 0 N–H and O–H groups in total. The standard InChI is InChI=1S/C15H19F3N4O2/c1-24-10-8-11(13(23)21-6-2-3-7-21)22(9-10)14-19-5-4-12(20-14)15(16,17)18/h4-5,10-11H,2-3,6-9H2,1H3/t10-,11-/m0/s1. The Hall–Kier alpha value is -1.90. The lowest BCUT2D eigenvalue weighted by Gasteiger charge is -2.27. The number of nitrogens with zero attached hydrogens (tertiary/aromatic N) is 4. The number of ether oxygens (including phenoxy) is 1. The Morgan fingerprint density at radius 1 is 1.33 bits per heavy atom. The molecule has 0 aromatic carbocycles. The first-order valence-electron chi connectivity index (χ1n) is 7.88. The second kappa shape index (κ2) is 6.54. The number of hydrogen-bond donors (Lipinski definition) is 0. The number of carbonyl (C=O) groups excluding carboxylic acids is 1. The van der Waals surface area contributed by atoms with E-state index in [-0.39, 0.29) is 18.0 Å². The molecule has 1 amide bonds. The Kier molecular flexibility index (Phi) is 4.62. The quantitative estimate of drug-likeness (QED) is 0.836. The molecule has 2 fully saturated rings. The van der Waals surface area contributed by atoms with Crippen molar-refractivity contribution in [3.05, 3.63) is 18.0 Å². The molecular weight excluding hydrogens is 325 g/mol. The molecule has 0 unspecified atom stereocenters. The molecule has 2 saturated heterocycles. The SMILES string of the molecule is CO[C@H]1C[C@@H](C(=O)N2CCCC2)N(c2nccc(C(F)(F)F)n2)C1. The van der Waals surface area contributed by atoms with Crippen LogP contribution in [0.25, 0.3) is 0 Å². The van der Waals surface area contributed by atoms with Crippen molar-refractivity contribution in [2.24, 2.45) is 0 Å². The van der Waals surface area contributed by atoms with Gasteiger partial charge in [0.05, 0.1) is 6.10 Å². The third-order valence-electron chi connectivity index (χ3n) is 4.49. The Morgan fingerprint density at radius 3 is 2.67 bits per heavy atom. The highest BCUT2D eigenvalue weighted by molar-refractivity contribution is 5.85. The predicted molar refractivity (Wildman–Crippen MR) is 79.4 cm³/mol. The Labute approximate surface area is 137 Å². The first kappa shape index (κ1) is 16.9. The van der Waals surface area contributed by atoms with Gasteiger partial charge in [0.1, 0.15) is 11.7 Å². The van der Waals surface area contributed by atoms with E-state index in [9.17, 15) is 18.0 Å². The molecule has 1 aromatic heterocycles. The zero-order chi connectivity index (χ0) is 17.3. The number of carbonyl (C=O) groups is 1. The fourth-order valence-electron chi connectivity index (χ4n) is 3.22. The van der Waals surface area contributed by atoms with Crippen molar-refractivity contribution in [3.63, 3.8) is 0 Å². The van der Waals surface area contributed by atoms with Crippen molar-refractivity contribution in [2.75, 3.05) is 31.6 Å². The van der Waals surface area contributed by atoms with Crippen molar-refractivity contribution in [1.29, 1.82) is 0 Å². The van der Waals surface area contributed by atoms with E-state index in [1.165, 1.54) is 12.0 Å². The molecule has 0 aliphatic carbocycles. The summed E-state index contributed by atoms with van der Waals surface area (Å²) in [6.07, 6.45) is -1.39. The fourth-order valence-corrected chi connectivity index (χ4v) is 3.22. The number of aromatic nitrogens is 2. The highest BCUT2D eigenvalue weighted by Gasteiger charge is 2.42. The molecule has 2 atom stereocenters. The van der Waals surface area contributed by atoms with E-state index in [1.807, 2.05) is 0 Å². The van der Waals surface area contributed by atoms with Crippen LogP contribution in [0.5, 0.6) is 0 Å². The minimum absolute atomic E-state index is 0.0816. The van der Waals surface area contributed by atoms with E-state index in [0.717, 1.165) is 25.1 Å². The van der Waals surface area contributed by atoms with Crippen molar-refractivity contribution in [2.45, 2.75) is 37.6 Å². The lowest BCUT2D eigenvalue weighted by atomic mass is 10.1. The van der Waals surface area contributed by atoms with Crippen LogP contribution in [0.2, 0.25) is 0 Å². The smallest absolute Gasteiger partial charge is 0.380 e. The van der Waals surface area contributed by atoms with Crippen molar-refractivity contribution in [1.82, 2.24) is 14.9 Å². The lowest BCUT2D eigenvalue weighted by molar-refractivity contribution is -0.141. The maximum Gasteiger partial charge on any atom is 0.433 e.